The summed E-state index contributed by atoms with van der Waals surface area (Å²) < 4.78 is 5.69. The fraction of sp³-hybridized carbons (Fsp3) is 0.333. The Morgan fingerprint density at radius 1 is 1.25 bits per heavy atom. The van der Waals surface area contributed by atoms with E-state index in [4.69, 9.17) is 4.43 Å². The molecule has 0 aliphatic carbocycles. The molecule has 1 unspecified atom stereocenters. The fourth-order valence-corrected chi connectivity index (χ4v) is 4.29. The molecule has 1 rings (SSSR count). The number of hydrogen-bond acceptors (Lipinski definition) is 1. The third-order valence-electron chi connectivity index (χ3n) is 1.45. The molecule has 0 heterocycles. The zero-order valence-electron chi connectivity index (χ0n) is 7.33. The van der Waals surface area contributed by atoms with Gasteiger partial charge in [0.2, 0.25) is 0 Å². The maximum Gasteiger partial charge on any atom is 0.279 e. The molecule has 0 fully saturated rings. The van der Waals surface area contributed by atoms with E-state index in [0.717, 1.165) is 0 Å². The predicted octanol–water partition coefficient (Wildman–Crippen LogP) is 1.93. The van der Waals surface area contributed by atoms with Crippen LogP contribution in [0.3, 0.4) is 0 Å². The molecule has 1 atom stereocenters. The summed E-state index contributed by atoms with van der Waals surface area (Å²) in [4.78, 5) is 0. The molecule has 0 N–H and O–H groups in total. The largest absolute Gasteiger partial charge is 0.403 e. The van der Waals surface area contributed by atoms with E-state index in [9.17, 15) is 0 Å². The van der Waals surface area contributed by atoms with Crippen LogP contribution in [0.5, 0.6) is 0 Å². The molecule has 0 spiro atoms. The highest BCUT2D eigenvalue weighted by Gasteiger charge is 2.10. The second kappa shape index (κ2) is 4.79. The van der Waals surface area contributed by atoms with Crippen LogP contribution in [0.2, 0.25) is 0 Å². The first kappa shape index (κ1) is 9.96. The van der Waals surface area contributed by atoms with Crippen LogP contribution < -0.4 is 5.19 Å². The van der Waals surface area contributed by atoms with E-state index in [1.54, 1.807) is 0 Å². The predicted molar refractivity (Wildman–Crippen MR) is 58.4 cm³/mol. The second-order valence-corrected chi connectivity index (χ2v) is 6.98. The summed E-state index contributed by atoms with van der Waals surface area (Å²) in [5.74, 6) is 0. The van der Waals surface area contributed by atoms with E-state index in [-0.39, 0.29) is 0 Å². The van der Waals surface area contributed by atoms with Gasteiger partial charge in [-0.15, -0.1) is 0 Å². The molecule has 1 aromatic carbocycles. The first-order chi connectivity index (χ1) is 5.70. The van der Waals surface area contributed by atoms with Crippen LogP contribution >= 0.6 is 15.3 Å². The van der Waals surface area contributed by atoms with Crippen molar-refractivity contribution in [3.8, 4) is 0 Å². The molecular formula is C9H13BrOSi. The monoisotopic (exact) mass is 244 g/mol. The minimum absolute atomic E-state index is 0.307. The third-order valence-corrected chi connectivity index (χ3v) is 5.38. The van der Waals surface area contributed by atoms with Gasteiger partial charge in [0, 0.05) is 6.10 Å². The molecule has 12 heavy (non-hydrogen) atoms. The van der Waals surface area contributed by atoms with E-state index in [2.05, 4.69) is 41.3 Å². The van der Waals surface area contributed by atoms with Gasteiger partial charge in [-0.05, 0) is 19.0 Å². The van der Waals surface area contributed by atoms with Gasteiger partial charge in [-0.2, -0.15) is 0 Å². The van der Waals surface area contributed by atoms with Gasteiger partial charge < -0.3 is 4.43 Å². The lowest BCUT2D eigenvalue weighted by atomic mass is 10.4. The normalized spacial score (nSPS) is 13.3. The lowest BCUT2D eigenvalue weighted by Gasteiger charge is -2.12. The molecule has 0 aromatic heterocycles. The highest BCUT2D eigenvalue weighted by atomic mass is 79.9. The standard InChI is InChI=1S/C9H13BrOSi/c1-8(2)11-12(10)9-6-4-3-5-7-9/h3-8,12H,1-2H3. The first-order valence-electron chi connectivity index (χ1n) is 4.04. The minimum Gasteiger partial charge on any atom is -0.403 e. The molecule has 0 amide bonds. The van der Waals surface area contributed by atoms with Crippen molar-refractivity contribution in [2.24, 2.45) is 0 Å². The smallest absolute Gasteiger partial charge is 0.279 e. The quantitative estimate of drug-likeness (QED) is 0.584. The zero-order valence-corrected chi connectivity index (χ0v) is 10.1. The molecular weight excluding hydrogens is 232 g/mol. The van der Waals surface area contributed by atoms with Crippen molar-refractivity contribution in [1.29, 1.82) is 0 Å². The van der Waals surface area contributed by atoms with E-state index in [0.29, 0.717) is 6.10 Å². The van der Waals surface area contributed by atoms with Crippen LogP contribution in [-0.4, -0.2) is 13.8 Å². The van der Waals surface area contributed by atoms with Gasteiger partial charge in [-0.1, -0.05) is 45.6 Å². The number of rotatable bonds is 3. The Hall–Kier alpha value is -0.123. The summed E-state index contributed by atoms with van der Waals surface area (Å²) in [5.41, 5.74) is 0. The Kier molecular flexibility index (Phi) is 3.98. The van der Waals surface area contributed by atoms with Crippen molar-refractivity contribution in [2.45, 2.75) is 20.0 Å². The molecule has 1 aromatic rings. The van der Waals surface area contributed by atoms with E-state index in [1.165, 1.54) is 5.19 Å². The number of benzene rings is 1. The average Bonchev–Trinajstić information content (AvgIpc) is 2.05. The summed E-state index contributed by atoms with van der Waals surface area (Å²) in [6.45, 7) is 4.12. The summed E-state index contributed by atoms with van der Waals surface area (Å²) in [6.07, 6.45) is 0.307. The Morgan fingerprint density at radius 3 is 2.33 bits per heavy atom. The van der Waals surface area contributed by atoms with Crippen LogP contribution in [0, 0.1) is 0 Å². The second-order valence-electron chi connectivity index (χ2n) is 2.91. The van der Waals surface area contributed by atoms with Gasteiger partial charge in [-0.3, -0.25) is 0 Å². The third kappa shape index (κ3) is 3.09. The lowest BCUT2D eigenvalue weighted by molar-refractivity contribution is 0.258. The van der Waals surface area contributed by atoms with Crippen molar-refractivity contribution in [1.82, 2.24) is 0 Å². The van der Waals surface area contributed by atoms with Crippen molar-refractivity contribution in [3.05, 3.63) is 30.3 Å². The van der Waals surface area contributed by atoms with Gasteiger partial charge in [0.05, 0.1) is 0 Å². The summed E-state index contributed by atoms with van der Waals surface area (Å²) >= 11 is 3.60. The van der Waals surface area contributed by atoms with Crippen LogP contribution in [0.25, 0.3) is 0 Å². The van der Waals surface area contributed by atoms with E-state index in [1.807, 2.05) is 18.2 Å². The van der Waals surface area contributed by atoms with Gasteiger partial charge in [-0.25, -0.2) is 0 Å². The SMILES string of the molecule is CC(C)O[SiH](Br)c1ccccc1. The van der Waals surface area contributed by atoms with Gasteiger partial charge >= 0.3 is 0 Å². The van der Waals surface area contributed by atoms with Crippen LogP contribution in [0.15, 0.2) is 30.3 Å². The topological polar surface area (TPSA) is 9.23 Å². The average molecular weight is 245 g/mol. The highest BCUT2D eigenvalue weighted by molar-refractivity contribution is 9.24. The summed E-state index contributed by atoms with van der Waals surface area (Å²) in [7, 11) is -1.31. The molecule has 0 saturated heterocycles. The maximum absolute atomic E-state index is 5.69. The number of hydrogen-bond donors (Lipinski definition) is 0. The molecule has 1 nitrogen and oxygen atoms in total. The minimum atomic E-state index is -1.31. The first-order valence-corrected chi connectivity index (χ1v) is 8.28. The number of halogens is 1. The van der Waals surface area contributed by atoms with Gasteiger partial charge in [0.15, 0.2) is 0 Å². The Labute approximate surface area is 83.1 Å². The van der Waals surface area contributed by atoms with E-state index < -0.39 is 7.66 Å². The van der Waals surface area contributed by atoms with Crippen LogP contribution in [0.4, 0.5) is 0 Å². The molecule has 0 saturated carbocycles. The van der Waals surface area contributed by atoms with Crippen molar-refractivity contribution in [2.75, 3.05) is 0 Å². The van der Waals surface area contributed by atoms with Crippen molar-refractivity contribution >= 4 is 28.1 Å². The van der Waals surface area contributed by atoms with Crippen molar-refractivity contribution < 1.29 is 4.43 Å². The Balaban J connectivity index is 2.59. The lowest BCUT2D eigenvalue weighted by Crippen LogP contribution is -2.29. The fourth-order valence-electron chi connectivity index (χ4n) is 0.922. The summed E-state index contributed by atoms with van der Waals surface area (Å²) in [5, 5.41) is 1.30. The molecule has 0 radical (unpaired) electrons. The van der Waals surface area contributed by atoms with Crippen LogP contribution in [-0.2, 0) is 4.43 Å². The molecule has 0 aliphatic rings. The Morgan fingerprint density at radius 2 is 1.83 bits per heavy atom. The van der Waals surface area contributed by atoms with Crippen molar-refractivity contribution in [3.63, 3.8) is 0 Å². The highest BCUT2D eigenvalue weighted by Crippen LogP contribution is 2.01. The molecule has 0 bridgehead atoms. The van der Waals surface area contributed by atoms with Crippen LogP contribution in [0.1, 0.15) is 13.8 Å². The molecule has 0 aliphatic heterocycles. The van der Waals surface area contributed by atoms with Gasteiger partial charge in [0.1, 0.15) is 0 Å². The molecule has 66 valence electrons. The zero-order chi connectivity index (χ0) is 8.97. The van der Waals surface area contributed by atoms with Gasteiger partial charge in [0.25, 0.3) is 7.66 Å². The summed E-state index contributed by atoms with van der Waals surface area (Å²) in [6, 6.07) is 10.3. The Bertz CT molecular complexity index is 225. The maximum atomic E-state index is 5.69. The molecule has 3 heteroatoms. The van der Waals surface area contributed by atoms with E-state index >= 15 is 0 Å².